The lowest BCUT2D eigenvalue weighted by atomic mass is 10.2. The van der Waals surface area contributed by atoms with Crippen LogP contribution in [0, 0.1) is 3.57 Å². The second-order valence-corrected chi connectivity index (χ2v) is 7.53. The van der Waals surface area contributed by atoms with Crippen LogP contribution < -0.4 is 5.32 Å². The smallest absolute Gasteiger partial charge is 0.143 e. The van der Waals surface area contributed by atoms with Gasteiger partial charge < -0.3 is 5.32 Å². The van der Waals surface area contributed by atoms with Gasteiger partial charge in [0.05, 0.1) is 15.0 Å². The molecule has 0 aliphatic heterocycles. The lowest BCUT2D eigenvalue weighted by molar-refractivity contribution is 0.890. The van der Waals surface area contributed by atoms with Crippen LogP contribution in [0.2, 0.25) is 0 Å². The van der Waals surface area contributed by atoms with Crippen LogP contribution in [-0.4, -0.2) is 21.8 Å². The van der Waals surface area contributed by atoms with E-state index in [2.05, 4.69) is 53.7 Å². The van der Waals surface area contributed by atoms with Crippen LogP contribution in [0.25, 0.3) is 0 Å². The Labute approximate surface area is 133 Å². The molecule has 0 saturated heterocycles. The van der Waals surface area contributed by atoms with Crippen molar-refractivity contribution in [2.45, 2.75) is 57.0 Å². The van der Waals surface area contributed by atoms with Crippen molar-refractivity contribution >= 4 is 40.2 Å². The Bertz CT molecular complexity index is 435. The van der Waals surface area contributed by atoms with Crippen LogP contribution in [0.3, 0.4) is 0 Å². The summed E-state index contributed by atoms with van der Waals surface area (Å²) in [6.45, 7) is 7.52. The van der Waals surface area contributed by atoms with Crippen molar-refractivity contribution in [3.63, 3.8) is 0 Å². The molecule has 1 aromatic rings. The van der Waals surface area contributed by atoms with E-state index < -0.39 is 0 Å². The zero-order valence-corrected chi connectivity index (χ0v) is 14.8. The fourth-order valence-corrected chi connectivity index (χ4v) is 3.49. The first-order chi connectivity index (χ1) is 9.15. The van der Waals surface area contributed by atoms with E-state index in [4.69, 9.17) is 4.98 Å². The summed E-state index contributed by atoms with van der Waals surface area (Å²) in [6, 6.07) is 0. The molecule has 1 aliphatic rings. The van der Waals surface area contributed by atoms with E-state index in [9.17, 15) is 0 Å². The number of thioether (sulfide) groups is 1. The minimum absolute atomic E-state index is 0.676. The van der Waals surface area contributed by atoms with Crippen LogP contribution in [0.1, 0.15) is 57.5 Å². The summed E-state index contributed by atoms with van der Waals surface area (Å²) in [4.78, 5) is 9.49. The van der Waals surface area contributed by atoms with Crippen LogP contribution in [0.5, 0.6) is 0 Å². The maximum atomic E-state index is 4.80. The Morgan fingerprint density at radius 1 is 1.37 bits per heavy atom. The van der Waals surface area contributed by atoms with Crippen LogP contribution in [0.15, 0.2) is 0 Å². The molecular formula is C14H22IN3S. The van der Waals surface area contributed by atoms with Gasteiger partial charge in [-0.05, 0) is 48.8 Å². The summed E-state index contributed by atoms with van der Waals surface area (Å²) in [5, 5.41) is 4.05. The lowest BCUT2D eigenvalue weighted by Crippen LogP contribution is -2.09. The van der Waals surface area contributed by atoms with Crippen molar-refractivity contribution in [3.8, 4) is 0 Å². The van der Waals surface area contributed by atoms with Crippen LogP contribution >= 0.6 is 34.4 Å². The summed E-state index contributed by atoms with van der Waals surface area (Å²) in [7, 11) is 0. The second-order valence-electron chi connectivity index (χ2n) is 5.02. The van der Waals surface area contributed by atoms with E-state index in [1.54, 1.807) is 0 Å². The highest BCUT2D eigenvalue weighted by molar-refractivity contribution is 14.1. The summed E-state index contributed by atoms with van der Waals surface area (Å²) in [6.07, 6.45) is 3.78. The van der Waals surface area contributed by atoms with Crippen molar-refractivity contribution < 1.29 is 0 Å². The molecule has 1 aromatic heterocycles. The first kappa shape index (κ1) is 15.4. The highest BCUT2D eigenvalue weighted by atomic mass is 127. The van der Waals surface area contributed by atoms with Gasteiger partial charge in [-0.25, -0.2) is 9.97 Å². The number of aromatic nitrogens is 2. The molecule has 1 fully saturated rings. The van der Waals surface area contributed by atoms with Gasteiger partial charge in [-0.2, -0.15) is 11.8 Å². The first-order valence-electron chi connectivity index (χ1n) is 7.07. The predicted molar refractivity (Wildman–Crippen MR) is 91.9 cm³/mol. The van der Waals surface area contributed by atoms with Crippen molar-refractivity contribution in [2.24, 2.45) is 0 Å². The van der Waals surface area contributed by atoms with Crippen molar-refractivity contribution in [1.29, 1.82) is 0 Å². The van der Waals surface area contributed by atoms with E-state index in [0.717, 1.165) is 23.9 Å². The molecule has 1 heterocycles. The number of nitrogens with one attached hydrogen (secondary N) is 1. The minimum atomic E-state index is 0.676. The standard InChI is InChI=1S/C14H22IN3S/c1-4-9(3)19-8-11-17-13(10-6-7-10)12(15)14(18-11)16-5-2/h9-10H,4-8H2,1-3H3,(H,16,17,18). The largest absolute Gasteiger partial charge is 0.369 e. The fraction of sp³-hybridized carbons (Fsp3) is 0.714. The van der Waals surface area contributed by atoms with Gasteiger partial charge in [-0.3, -0.25) is 0 Å². The van der Waals surface area contributed by atoms with Gasteiger partial charge in [0.1, 0.15) is 11.6 Å². The van der Waals surface area contributed by atoms with E-state index in [1.165, 1.54) is 28.5 Å². The number of nitrogens with zero attached hydrogens (tertiary/aromatic N) is 2. The van der Waals surface area contributed by atoms with E-state index in [-0.39, 0.29) is 0 Å². The third-order valence-electron chi connectivity index (χ3n) is 3.30. The van der Waals surface area contributed by atoms with Crippen molar-refractivity contribution in [3.05, 3.63) is 15.1 Å². The molecule has 1 saturated carbocycles. The van der Waals surface area contributed by atoms with Crippen LogP contribution in [-0.2, 0) is 5.75 Å². The number of halogens is 1. The molecule has 1 N–H and O–H groups in total. The lowest BCUT2D eigenvalue weighted by Gasteiger charge is -2.13. The van der Waals surface area contributed by atoms with Crippen molar-refractivity contribution in [1.82, 2.24) is 9.97 Å². The Morgan fingerprint density at radius 2 is 2.11 bits per heavy atom. The molecule has 0 spiro atoms. The molecule has 1 aliphatic carbocycles. The monoisotopic (exact) mass is 391 g/mol. The fourth-order valence-electron chi connectivity index (χ4n) is 1.82. The zero-order chi connectivity index (χ0) is 13.8. The average molecular weight is 391 g/mol. The molecule has 106 valence electrons. The SMILES string of the molecule is CCNc1nc(CSC(C)CC)nc(C2CC2)c1I. The average Bonchev–Trinajstić information content (AvgIpc) is 3.23. The van der Waals surface area contributed by atoms with Gasteiger partial charge in [0.15, 0.2) is 0 Å². The van der Waals surface area contributed by atoms with E-state index >= 15 is 0 Å². The quantitative estimate of drug-likeness (QED) is 0.699. The molecule has 0 amide bonds. The molecule has 0 aromatic carbocycles. The Hall–Kier alpha value is -0.0400. The van der Waals surface area contributed by atoms with E-state index in [0.29, 0.717) is 11.2 Å². The molecule has 1 unspecified atom stereocenters. The van der Waals surface area contributed by atoms with E-state index in [1.807, 2.05) is 11.8 Å². The summed E-state index contributed by atoms with van der Waals surface area (Å²) >= 11 is 4.34. The predicted octanol–water partition coefficient (Wildman–Crippen LogP) is 4.42. The summed E-state index contributed by atoms with van der Waals surface area (Å²) in [5.74, 6) is 3.62. The topological polar surface area (TPSA) is 37.8 Å². The van der Waals surface area contributed by atoms with Gasteiger partial charge in [0.25, 0.3) is 0 Å². The van der Waals surface area contributed by atoms with Crippen molar-refractivity contribution in [2.75, 3.05) is 11.9 Å². The zero-order valence-electron chi connectivity index (χ0n) is 11.9. The Kier molecular flexibility index (Phi) is 5.74. The molecule has 19 heavy (non-hydrogen) atoms. The molecule has 0 radical (unpaired) electrons. The molecule has 2 rings (SSSR count). The highest BCUT2D eigenvalue weighted by Gasteiger charge is 2.29. The molecule has 5 heteroatoms. The molecular weight excluding hydrogens is 369 g/mol. The maximum absolute atomic E-state index is 4.80. The number of rotatable bonds is 7. The van der Waals surface area contributed by atoms with Gasteiger partial charge in [0, 0.05) is 17.7 Å². The summed E-state index contributed by atoms with van der Waals surface area (Å²) < 4.78 is 1.22. The normalized spacial score (nSPS) is 16.4. The number of anilines is 1. The van der Waals surface area contributed by atoms with Gasteiger partial charge >= 0.3 is 0 Å². The second kappa shape index (κ2) is 7.11. The maximum Gasteiger partial charge on any atom is 0.143 e. The van der Waals surface area contributed by atoms with Crippen LogP contribution in [0.4, 0.5) is 5.82 Å². The molecule has 1 atom stereocenters. The number of hydrogen-bond donors (Lipinski definition) is 1. The Morgan fingerprint density at radius 3 is 2.68 bits per heavy atom. The third-order valence-corrected chi connectivity index (χ3v) is 5.69. The first-order valence-corrected chi connectivity index (χ1v) is 9.20. The third kappa shape index (κ3) is 4.21. The van der Waals surface area contributed by atoms with Gasteiger partial charge in [-0.15, -0.1) is 0 Å². The number of hydrogen-bond acceptors (Lipinski definition) is 4. The van der Waals surface area contributed by atoms with Gasteiger partial charge in [0.2, 0.25) is 0 Å². The minimum Gasteiger partial charge on any atom is -0.369 e. The van der Waals surface area contributed by atoms with Gasteiger partial charge in [-0.1, -0.05) is 13.8 Å². The highest BCUT2D eigenvalue weighted by Crippen LogP contribution is 2.42. The molecule has 0 bridgehead atoms. The summed E-state index contributed by atoms with van der Waals surface area (Å²) in [5.41, 5.74) is 1.27. The molecule has 3 nitrogen and oxygen atoms in total. The Balaban J connectivity index is 2.17.